The van der Waals surface area contributed by atoms with Crippen molar-refractivity contribution in [1.29, 1.82) is 0 Å². The molecule has 0 radical (unpaired) electrons. The first-order chi connectivity index (χ1) is 12.7. The lowest BCUT2D eigenvalue weighted by molar-refractivity contribution is 0.0452. The Bertz CT molecular complexity index is 570. The molecule has 0 atom stereocenters. The molecule has 0 N–H and O–H groups in total. The topological polar surface area (TPSA) is 52.6 Å². The van der Waals surface area contributed by atoms with Gasteiger partial charge in [-0.15, -0.1) is 0 Å². The van der Waals surface area contributed by atoms with E-state index in [4.69, 9.17) is 9.47 Å². The van der Waals surface area contributed by atoms with E-state index in [-0.39, 0.29) is 11.1 Å². The molecular weight excluding hydrogens is 328 g/mol. The summed E-state index contributed by atoms with van der Waals surface area (Å²) in [6, 6.07) is 18.6. The molecule has 2 rings (SSSR count). The summed E-state index contributed by atoms with van der Waals surface area (Å²) in [5.41, 5.74) is 0.537. The fourth-order valence-electron chi connectivity index (χ4n) is 2.00. The highest BCUT2D eigenvalue weighted by molar-refractivity contribution is 6.03. The lowest BCUT2D eigenvalue weighted by Crippen LogP contribution is -2.14. The van der Waals surface area contributed by atoms with Crippen molar-refractivity contribution in [1.82, 2.24) is 0 Å². The second kappa shape index (κ2) is 13.6. The van der Waals surface area contributed by atoms with Crippen LogP contribution in [0.4, 0.5) is 0 Å². The van der Waals surface area contributed by atoms with Crippen LogP contribution in [-0.4, -0.2) is 25.2 Å². The fraction of sp³-hybridized carbons (Fsp3) is 0.364. The highest BCUT2D eigenvalue weighted by atomic mass is 16.5. The molecular formula is C22H28O4. The first kappa shape index (κ1) is 21.4. The number of hydrogen-bond donors (Lipinski definition) is 0. The van der Waals surface area contributed by atoms with E-state index in [9.17, 15) is 9.59 Å². The van der Waals surface area contributed by atoms with Gasteiger partial charge >= 0.3 is 11.9 Å². The lowest BCUT2D eigenvalue weighted by Gasteiger charge is -2.09. The van der Waals surface area contributed by atoms with E-state index in [1.807, 2.05) is 50.2 Å². The average Bonchev–Trinajstić information content (AvgIpc) is 2.70. The molecule has 0 saturated carbocycles. The van der Waals surface area contributed by atoms with Gasteiger partial charge in [0.05, 0.1) is 24.3 Å². The second-order valence-corrected chi connectivity index (χ2v) is 5.68. The van der Waals surface area contributed by atoms with Gasteiger partial charge in [-0.2, -0.15) is 0 Å². The summed E-state index contributed by atoms with van der Waals surface area (Å²) in [6.45, 7) is 4.78. The van der Waals surface area contributed by atoms with Crippen LogP contribution in [0.1, 0.15) is 60.2 Å². The van der Waals surface area contributed by atoms with E-state index in [1.165, 1.54) is 0 Å². The minimum Gasteiger partial charge on any atom is -0.462 e. The highest BCUT2D eigenvalue weighted by Gasteiger charge is 2.18. The molecule has 0 bridgehead atoms. The van der Waals surface area contributed by atoms with Crippen molar-refractivity contribution >= 4 is 11.9 Å². The molecule has 0 aromatic heterocycles. The van der Waals surface area contributed by atoms with Gasteiger partial charge in [0.2, 0.25) is 0 Å². The van der Waals surface area contributed by atoms with E-state index in [0.717, 1.165) is 25.7 Å². The first-order valence-corrected chi connectivity index (χ1v) is 9.14. The quantitative estimate of drug-likeness (QED) is 0.476. The predicted molar refractivity (Wildman–Crippen MR) is 103 cm³/mol. The van der Waals surface area contributed by atoms with Crippen LogP contribution >= 0.6 is 0 Å². The maximum Gasteiger partial charge on any atom is 0.339 e. The van der Waals surface area contributed by atoms with Crippen LogP contribution in [0, 0.1) is 0 Å². The van der Waals surface area contributed by atoms with Crippen LogP contribution in [0.2, 0.25) is 0 Å². The Kier molecular flexibility index (Phi) is 11.2. The van der Waals surface area contributed by atoms with Gasteiger partial charge in [0.15, 0.2) is 0 Å². The van der Waals surface area contributed by atoms with E-state index in [2.05, 4.69) is 0 Å². The molecule has 4 heteroatoms. The summed E-state index contributed by atoms with van der Waals surface area (Å²) in [4.78, 5) is 23.9. The standard InChI is InChI=1S/C16H22O4.C6H6/c1-3-5-11-19-15(17)13-9-7-8-10-14(13)16(18)20-12-6-4-2;1-2-4-6-5-3-1/h7-10H,3-6,11-12H2,1-2H3;1-6H. The van der Waals surface area contributed by atoms with Gasteiger partial charge in [-0.1, -0.05) is 75.2 Å². The number of esters is 2. The number of unbranched alkanes of at least 4 members (excludes halogenated alkanes) is 2. The van der Waals surface area contributed by atoms with Crippen molar-refractivity contribution in [2.75, 3.05) is 13.2 Å². The van der Waals surface area contributed by atoms with Crippen molar-refractivity contribution < 1.29 is 19.1 Å². The molecule has 0 spiro atoms. The third kappa shape index (κ3) is 8.47. The van der Waals surface area contributed by atoms with E-state index >= 15 is 0 Å². The van der Waals surface area contributed by atoms with Crippen LogP contribution in [-0.2, 0) is 9.47 Å². The van der Waals surface area contributed by atoms with Gasteiger partial charge in [-0.3, -0.25) is 0 Å². The third-order valence-corrected chi connectivity index (χ3v) is 3.50. The van der Waals surface area contributed by atoms with Crippen LogP contribution in [0.15, 0.2) is 60.7 Å². The van der Waals surface area contributed by atoms with E-state index in [1.54, 1.807) is 24.3 Å². The number of carbonyl (C=O) groups excluding carboxylic acids is 2. The summed E-state index contributed by atoms with van der Waals surface area (Å²) in [7, 11) is 0. The summed E-state index contributed by atoms with van der Waals surface area (Å²) < 4.78 is 10.3. The molecule has 0 heterocycles. The van der Waals surface area contributed by atoms with Crippen molar-refractivity contribution in [3.8, 4) is 0 Å². The predicted octanol–water partition coefficient (Wildman–Crippen LogP) is 5.29. The molecule has 2 aromatic rings. The zero-order valence-corrected chi connectivity index (χ0v) is 15.6. The second-order valence-electron chi connectivity index (χ2n) is 5.68. The molecule has 0 saturated heterocycles. The zero-order valence-electron chi connectivity index (χ0n) is 15.6. The zero-order chi connectivity index (χ0) is 19.0. The molecule has 2 aromatic carbocycles. The van der Waals surface area contributed by atoms with Crippen molar-refractivity contribution in [2.45, 2.75) is 39.5 Å². The Morgan fingerprint density at radius 2 is 1.00 bits per heavy atom. The largest absolute Gasteiger partial charge is 0.462 e. The molecule has 26 heavy (non-hydrogen) atoms. The Morgan fingerprint density at radius 3 is 1.31 bits per heavy atom. The number of ether oxygens (including phenoxy) is 2. The minimum atomic E-state index is -0.471. The highest BCUT2D eigenvalue weighted by Crippen LogP contribution is 2.12. The number of rotatable bonds is 8. The summed E-state index contributed by atoms with van der Waals surface area (Å²) in [5.74, 6) is -0.942. The molecule has 0 aliphatic rings. The van der Waals surface area contributed by atoms with E-state index in [0.29, 0.717) is 13.2 Å². The summed E-state index contributed by atoms with van der Waals surface area (Å²) in [5, 5.41) is 0. The molecule has 0 aliphatic heterocycles. The molecule has 140 valence electrons. The van der Waals surface area contributed by atoms with Gasteiger partial charge in [0.1, 0.15) is 0 Å². The maximum atomic E-state index is 11.9. The first-order valence-electron chi connectivity index (χ1n) is 9.14. The Labute approximate surface area is 156 Å². The summed E-state index contributed by atoms with van der Waals surface area (Å²) in [6.07, 6.45) is 3.53. The van der Waals surface area contributed by atoms with Crippen LogP contribution < -0.4 is 0 Å². The van der Waals surface area contributed by atoms with Gasteiger partial charge < -0.3 is 9.47 Å². The van der Waals surface area contributed by atoms with Gasteiger partial charge in [-0.05, 0) is 25.0 Å². The Hall–Kier alpha value is -2.62. The third-order valence-electron chi connectivity index (χ3n) is 3.50. The monoisotopic (exact) mass is 356 g/mol. The molecule has 0 amide bonds. The van der Waals surface area contributed by atoms with Gasteiger partial charge in [-0.25, -0.2) is 9.59 Å². The molecule has 0 fully saturated rings. The Morgan fingerprint density at radius 1 is 0.654 bits per heavy atom. The SMILES string of the molecule is CCCCOC(=O)c1ccccc1C(=O)OCCCC.c1ccccc1. The smallest absolute Gasteiger partial charge is 0.339 e. The number of hydrogen-bond acceptors (Lipinski definition) is 4. The maximum absolute atomic E-state index is 11.9. The molecule has 0 unspecified atom stereocenters. The van der Waals surface area contributed by atoms with Crippen LogP contribution in [0.25, 0.3) is 0 Å². The van der Waals surface area contributed by atoms with Crippen molar-refractivity contribution in [3.05, 3.63) is 71.8 Å². The fourth-order valence-corrected chi connectivity index (χ4v) is 2.00. The van der Waals surface area contributed by atoms with Gasteiger partial charge in [0, 0.05) is 0 Å². The number of carbonyl (C=O) groups is 2. The molecule has 0 aliphatic carbocycles. The molecule has 4 nitrogen and oxygen atoms in total. The Balaban J connectivity index is 0.000000472. The summed E-state index contributed by atoms with van der Waals surface area (Å²) >= 11 is 0. The minimum absolute atomic E-state index is 0.269. The van der Waals surface area contributed by atoms with E-state index < -0.39 is 11.9 Å². The van der Waals surface area contributed by atoms with Crippen LogP contribution in [0.5, 0.6) is 0 Å². The normalized spacial score (nSPS) is 9.62. The van der Waals surface area contributed by atoms with Crippen molar-refractivity contribution in [3.63, 3.8) is 0 Å². The van der Waals surface area contributed by atoms with Crippen LogP contribution in [0.3, 0.4) is 0 Å². The average molecular weight is 356 g/mol. The van der Waals surface area contributed by atoms with Crippen molar-refractivity contribution in [2.24, 2.45) is 0 Å². The number of benzene rings is 2. The lowest BCUT2D eigenvalue weighted by atomic mass is 10.1. The van der Waals surface area contributed by atoms with Gasteiger partial charge in [0.25, 0.3) is 0 Å².